The molecule has 7 heteroatoms. The van der Waals surface area contributed by atoms with Crippen LogP contribution in [-0.2, 0) is 10.0 Å². The van der Waals surface area contributed by atoms with Gasteiger partial charge in [-0.15, -0.1) is 0 Å². The van der Waals surface area contributed by atoms with Crippen molar-refractivity contribution in [2.75, 3.05) is 12.4 Å². The second kappa shape index (κ2) is 5.46. The van der Waals surface area contributed by atoms with Crippen molar-refractivity contribution in [1.29, 1.82) is 0 Å². The van der Waals surface area contributed by atoms with Gasteiger partial charge in [0, 0.05) is 5.33 Å². The van der Waals surface area contributed by atoms with Gasteiger partial charge in [0.25, 0.3) is 0 Å². The Hall–Kier alpha value is -0.140. The van der Waals surface area contributed by atoms with Crippen LogP contribution in [0.2, 0.25) is 5.02 Å². The van der Waals surface area contributed by atoms with Crippen LogP contribution >= 0.6 is 27.5 Å². The molecule has 0 heterocycles. The predicted molar refractivity (Wildman–Crippen MR) is 66.5 cm³/mol. The molecule has 0 spiro atoms. The average molecular weight is 329 g/mol. The van der Waals surface area contributed by atoms with Gasteiger partial charge in [0.1, 0.15) is 4.90 Å². The smallest absolute Gasteiger partial charge is 0.241 e. The summed E-state index contributed by atoms with van der Waals surface area (Å²) in [6.07, 6.45) is -0.761. The lowest BCUT2D eigenvalue weighted by molar-refractivity contribution is 0.205. The average Bonchev–Trinajstić information content (AvgIpc) is 2.28. The van der Waals surface area contributed by atoms with Gasteiger partial charge < -0.3 is 5.11 Å². The van der Waals surface area contributed by atoms with Crippen molar-refractivity contribution in [3.8, 4) is 0 Å². The van der Waals surface area contributed by atoms with E-state index >= 15 is 0 Å². The molecule has 0 amide bonds. The lowest BCUT2D eigenvalue weighted by Crippen LogP contribution is -2.19. The molecule has 0 saturated heterocycles. The molecule has 1 unspecified atom stereocenters. The van der Waals surface area contributed by atoms with Crippen molar-refractivity contribution in [2.24, 2.45) is 0 Å². The lowest BCUT2D eigenvalue weighted by Gasteiger charge is -2.11. The molecule has 0 aliphatic heterocycles. The number of sulfonamides is 1. The van der Waals surface area contributed by atoms with Crippen LogP contribution < -0.4 is 4.72 Å². The van der Waals surface area contributed by atoms with E-state index in [1.165, 1.54) is 19.2 Å². The van der Waals surface area contributed by atoms with Crippen molar-refractivity contribution in [2.45, 2.75) is 11.0 Å². The highest BCUT2D eigenvalue weighted by Gasteiger charge is 2.18. The summed E-state index contributed by atoms with van der Waals surface area (Å²) in [5.74, 6) is 0. The molecule has 0 bridgehead atoms. The second-order valence-corrected chi connectivity index (χ2v) is 5.98. The van der Waals surface area contributed by atoms with E-state index in [1.54, 1.807) is 6.07 Å². The highest BCUT2D eigenvalue weighted by Crippen LogP contribution is 2.25. The quantitative estimate of drug-likeness (QED) is 0.826. The number of halogens is 2. The van der Waals surface area contributed by atoms with Crippen molar-refractivity contribution in [3.63, 3.8) is 0 Å². The van der Waals surface area contributed by atoms with Crippen LogP contribution in [-0.4, -0.2) is 25.9 Å². The number of hydrogen-bond acceptors (Lipinski definition) is 3. The summed E-state index contributed by atoms with van der Waals surface area (Å²) in [6, 6.07) is 4.40. The van der Waals surface area contributed by atoms with Crippen LogP contribution in [0.25, 0.3) is 0 Å². The van der Waals surface area contributed by atoms with Crippen LogP contribution in [0.1, 0.15) is 11.7 Å². The fourth-order valence-corrected chi connectivity index (χ4v) is 2.76. The van der Waals surface area contributed by atoms with Crippen LogP contribution in [0.15, 0.2) is 23.1 Å². The van der Waals surface area contributed by atoms with E-state index in [9.17, 15) is 13.5 Å². The predicted octanol–water partition coefficient (Wildman–Crippen LogP) is 1.68. The number of hydrogen-bond donors (Lipinski definition) is 2. The maximum Gasteiger partial charge on any atom is 0.241 e. The van der Waals surface area contributed by atoms with E-state index in [1.807, 2.05) is 0 Å². The Labute approximate surface area is 108 Å². The normalized spacial score (nSPS) is 13.8. The van der Waals surface area contributed by atoms with Gasteiger partial charge in [0.2, 0.25) is 10.0 Å². The number of alkyl halides is 1. The highest BCUT2D eigenvalue weighted by molar-refractivity contribution is 9.09. The summed E-state index contributed by atoms with van der Waals surface area (Å²) >= 11 is 8.91. The van der Waals surface area contributed by atoms with Crippen LogP contribution in [0.5, 0.6) is 0 Å². The number of rotatable bonds is 4. The largest absolute Gasteiger partial charge is 0.388 e. The zero-order valence-corrected chi connectivity index (χ0v) is 11.6. The van der Waals surface area contributed by atoms with E-state index in [0.29, 0.717) is 10.9 Å². The third kappa shape index (κ3) is 2.95. The maximum absolute atomic E-state index is 11.6. The van der Waals surface area contributed by atoms with E-state index in [-0.39, 0.29) is 9.92 Å². The van der Waals surface area contributed by atoms with E-state index < -0.39 is 16.1 Å². The third-order valence-corrected chi connectivity index (χ3v) is 4.55. The summed E-state index contributed by atoms with van der Waals surface area (Å²) in [7, 11) is -2.30. The molecule has 0 aliphatic carbocycles. The second-order valence-electron chi connectivity index (χ2n) is 3.07. The topological polar surface area (TPSA) is 66.4 Å². The summed E-state index contributed by atoms with van der Waals surface area (Å²) < 4.78 is 25.4. The van der Waals surface area contributed by atoms with E-state index in [0.717, 1.165) is 0 Å². The molecule has 4 nitrogen and oxygen atoms in total. The molecule has 0 fully saturated rings. The van der Waals surface area contributed by atoms with Crippen molar-refractivity contribution < 1.29 is 13.5 Å². The van der Waals surface area contributed by atoms with E-state index in [2.05, 4.69) is 20.7 Å². The van der Waals surface area contributed by atoms with Crippen LogP contribution in [0.4, 0.5) is 0 Å². The molecule has 1 rings (SSSR count). The SMILES string of the molecule is CNS(=O)(=O)c1cc(C(O)CBr)ccc1Cl. The van der Waals surface area contributed by atoms with Gasteiger partial charge in [0.15, 0.2) is 0 Å². The molecule has 2 N–H and O–H groups in total. The zero-order valence-electron chi connectivity index (χ0n) is 8.44. The van der Waals surface area contributed by atoms with Gasteiger partial charge in [-0.1, -0.05) is 33.6 Å². The minimum Gasteiger partial charge on any atom is -0.388 e. The highest BCUT2D eigenvalue weighted by atomic mass is 79.9. The fraction of sp³-hybridized carbons (Fsp3) is 0.333. The Morgan fingerprint density at radius 3 is 2.69 bits per heavy atom. The Kier molecular flexibility index (Phi) is 4.75. The Bertz CT molecular complexity index is 478. The molecule has 0 aliphatic rings. The maximum atomic E-state index is 11.6. The summed E-state index contributed by atoms with van der Waals surface area (Å²) in [4.78, 5) is -0.0332. The molecule has 0 saturated carbocycles. The molecule has 1 aromatic carbocycles. The number of benzene rings is 1. The number of nitrogens with one attached hydrogen (secondary N) is 1. The standard InChI is InChI=1S/C9H11BrClNO3S/c1-12-16(14,15)9-4-6(8(13)5-10)2-3-7(9)11/h2-4,8,12-13H,5H2,1H3. The lowest BCUT2D eigenvalue weighted by atomic mass is 10.1. The summed E-state index contributed by atoms with van der Waals surface area (Å²) in [5.41, 5.74) is 0.495. The molecule has 1 atom stereocenters. The van der Waals surface area contributed by atoms with Gasteiger partial charge in [-0.2, -0.15) is 0 Å². The molecular formula is C9H11BrClNO3S. The molecule has 1 aromatic rings. The molecule has 16 heavy (non-hydrogen) atoms. The Morgan fingerprint density at radius 1 is 1.56 bits per heavy atom. The van der Waals surface area contributed by atoms with Crippen molar-refractivity contribution in [3.05, 3.63) is 28.8 Å². The first-order valence-electron chi connectivity index (χ1n) is 4.39. The number of aliphatic hydroxyl groups is 1. The number of aliphatic hydroxyl groups excluding tert-OH is 1. The van der Waals surface area contributed by atoms with Crippen molar-refractivity contribution >= 4 is 37.6 Å². The van der Waals surface area contributed by atoms with Crippen LogP contribution in [0.3, 0.4) is 0 Å². The summed E-state index contributed by atoms with van der Waals surface area (Å²) in [6.45, 7) is 0. The molecule has 0 aromatic heterocycles. The van der Waals surface area contributed by atoms with Crippen LogP contribution in [0, 0.1) is 0 Å². The van der Waals surface area contributed by atoms with Gasteiger partial charge in [-0.25, -0.2) is 13.1 Å². The first kappa shape index (κ1) is 13.9. The Morgan fingerprint density at radius 2 is 2.19 bits per heavy atom. The molecular weight excluding hydrogens is 318 g/mol. The van der Waals surface area contributed by atoms with Crippen molar-refractivity contribution in [1.82, 2.24) is 4.72 Å². The van der Waals surface area contributed by atoms with Gasteiger partial charge in [0.05, 0.1) is 11.1 Å². The Balaban J connectivity index is 3.30. The monoisotopic (exact) mass is 327 g/mol. The zero-order chi connectivity index (χ0) is 12.3. The minimum absolute atomic E-state index is 0.0332. The minimum atomic E-state index is -3.60. The first-order valence-corrected chi connectivity index (χ1v) is 7.37. The van der Waals surface area contributed by atoms with Gasteiger partial charge >= 0.3 is 0 Å². The van der Waals surface area contributed by atoms with E-state index in [4.69, 9.17) is 11.6 Å². The first-order chi connectivity index (χ1) is 7.42. The van der Waals surface area contributed by atoms with Gasteiger partial charge in [-0.3, -0.25) is 0 Å². The third-order valence-electron chi connectivity index (χ3n) is 2.04. The molecule has 0 radical (unpaired) electrons. The van der Waals surface area contributed by atoms with Gasteiger partial charge in [-0.05, 0) is 24.7 Å². The fourth-order valence-electron chi connectivity index (χ4n) is 1.13. The molecule has 90 valence electrons. The summed E-state index contributed by atoms with van der Waals surface area (Å²) in [5, 5.41) is 10.0.